The van der Waals surface area contributed by atoms with Crippen molar-refractivity contribution in [3.8, 4) is 23.3 Å². The van der Waals surface area contributed by atoms with Crippen molar-refractivity contribution >= 4 is 17.5 Å². The van der Waals surface area contributed by atoms with Gasteiger partial charge in [-0.2, -0.15) is 5.26 Å². The zero-order valence-corrected chi connectivity index (χ0v) is 14.9. The van der Waals surface area contributed by atoms with E-state index >= 15 is 0 Å². The summed E-state index contributed by atoms with van der Waals surface area (Å²) < 4.78 is 15.3. The van der Waals surface area contributed by atoms with E-state index < -0.39 is 10.7 Å². The molecule has 0 radical (unpaired) electrons. The predicted octanol–water partition coefficient (Wildman–Crippen LogP) is 3.41. The molecule has 0 N–H and O–H groups in total. The van der Waals surface area contributed by atoms with Gasteiger partial charge in [0.1, 0.15) is 17.4 Å². The topological polar surface area (TPSA) is 112 Å². The summed E-state index contributed by atoms with van der Waals surface area (Å²) in [5.41, 5.74) is -0.312. The van der Waals surface area contributed by atoms with Gasteiger partial charge in [-0.25, -0.2) is 0 Å². The first kappa shape index (κ1) is 19.5. The summed E-state index contributed by atoms with van der Waals surface area (Å²) in [6.07, 6.45) is 1.15. The van der Waals surface area contributed by atoms with Gasteiger partial charge in [0.05, 0.1) is 37.9 Å². The molecule has 2 rings (SSSR count). The molecule has 0 spiro atoms. The van der Waals surface area contributed by atoms with Gasteiger partial charge in [0.25, 0.3) is 5.69 Å². The second kappa shape index (κ2) is 8.49. The van der Waals surface area contributed by atoms with E-state index in [9.17, 15) is 20.2 Å². The second-order valence-corrected chi connectivity index (χ2v) is 5.25. The molecule has 0 saturated carbocycles. The highest BCUT2D eigenvalue weighted by molar-refractivity contribution is 6.14. The monoisotopic (exact) mass is 368 g/mol. The van der Waals surface area contributed by atoms with Crippen LogP contribution in [0.15, 0.2) is 42.0 Å². The van der Waals surface area contributed by atoms with E-state index in [0.29, 0.717) is 5.75 Å². The van der Waals surface area contributed by atoms with Crippen LogP contribution in [0.4, 0.5) is 5.69 Å². The summed E-state index contributed by atoms with van der Waals surface area (Å²) in [6.45, 7) is 0. The molecule has 0 aliphatic rings. The first-order valence-corrected chi connectivity index (χ1v) is 7.66. The molecular formula is C19H16N2O6. The van der Waals surface area contributed by atoms with Gasteiger partial charge in [-0.3, -0.25) is 14.9 Å². The van der Waals surface area contributed by atoms with Crippen LogP contribution < -0.4 is 14.2 Å². The SMILES string of the molecule is COc1cccc(C(=O)/C(C#N)=C/c2cc(OC)c(OC)cc2[N+](=O)[O-])c1. The maximum atomic E-state index is 12.6. The average molecular weight is 368 g/mol. The van der Waals surface area contributed by atoms with Gasteiger partial charge in [-0.05, 0) is 24.3 Å². The highest BCUT2D eigenvalue weighted by Crippen LogP contribution is 2.35. The quantitative estimate of drug-likeness (QED) is 0.242. The molecule has 0 saturated heterocycles. The summed E-state index contributed by atoms with van der Waals surface area (Å²) in [5, 5.41) is 20.8. The third-order valence-corrected chi connectivity index (χ3v) is 3.73. The maximum absolute atomic E-state index is 12.6. The Morgan fingerprint density at radius 1 is 1.11 bits per heavy atom. The minimum absolute atomic E-state index is 0.0467. The molecule has 2 aromatic carbocycles. The number of ketones is 1. The summed E-state index contributed by atoms with van der Waals surface area (Å²) in [5.74, 6) is 0.273. The number of rotatable bonds is 7. The molecule has 0 unspecified atom stereocenters. The van der Waals surface area contributed by atoms with E-state index in [-0.39, 0.29) is 33.9 Å². The minimum Gasteiger partial charge on any atom is -0.497 e. The van der Waals surface area contributed by atoms with E-state index in [2.05, 4.69) is 0 Å². The van der Waals surface area contributed by atoms with Crippen LogP contribution in [0.1, 0.15) is 15.9 Å². The third kappa shape index (κ3) is 4.22. The third-order valence-electron chi connectivity index (χ3n) is 3.73. The van der Waals surface area contributed by atoms with Crippen molar-refractivity contribution < 1.29 is 23.9 Å². The molecule has 0 amide bonds. The zero-order valence-electron chi connectivity index (χ0n) is 14.9. The molecule has 8 heteroatoms. The number of nitro groups is 1. The number of allylic oxidation sites excluding steroid dienone is 1. The predicted molar refractivity (Wildman–Crippen MR) is 97.1 cm³/mol. The fourth-order valence-corrected chi connectivity index (χ4v) is 2.38. The zero-order chi connectivity index (χ0) is 20.0. The van der Waals surface area contributed by atoms with E-state index in [4.69, 9.17) is 14.2 Å². The number of ether oxygens (including phenoxy) is 3. The van der Waals surface area contributed by atoms with Crippen molar-refractivity contribution in [2.45, 2.75) is 0 Å². The van der Waals surface area contributed by atoms with Crippen molar-refractivity contribution in [2.75, 3.05) is 21.3 Å². The first-order chi connectivity index (χ1) is 12.9. The fraction of sp³-hybridized carbons (Fsp3) is 0.158. The van der Waals surface area contributed by atoms with Crippen molar-refractivity contribution in [3.63, 3.8) is 0 Å². The molecule has 0 aromatic heterocycles. The molecule has 27 heavy (non-hydrogen) atoms. The molecule has 0 atom stereocenters. The van der Waals surface area contributed by atoms with Crippen LogP contribution in [0.2, 0.25) is 0 Å². The van der Waals surface area contributed by atoms with E-state index in [1.807, 2.05) is 0 Å². The number of carbonyl (C=O) groups excluding carboxylic acids is 1. The van der Waals surface area contributed by atoms with Gasteiger partial charge >= 0.3 is 0 Å². The molecule has 0 fully saturated rings. The van der Waals surface area contributed by atoms with E-state index in [1.54, 1.807) is 18.2 Å². The number of hydrogen-bond donors (Lipinski definition) is 0. The Morgan fingerprint density at radius 2 is 1.78 bits per heavy atom. The van der Waals surface area contributed by atoms with Crippen molar-refractivity contribution in [1.29, 1.82) is 5.26 Å². The standard InChI is InChI=1S/C19H16N2O6/c1-25-15-6-4-5-12(8-15)19(22)14(11-20)7-13-9-17(26-2)18(27-3)10-16(13)21(23)24/h4-10H,1-3H3/b14-7+. The lowest BCUT2D eigenvalue weighted by Crippen LogP contribution is -2.03. The number of carbonyl (C=O) groups is 1. The smallest absolute Gasteiger partial charge is 0.280 e. The Kier molecular flexibility index (Phi) is 6.12. The van der Waals surface area contributed by atoms with Crippen LogP contribution in [0.3, 0.4) is 0 Å². The first-order valence-electron chi connectivity index (χ1n) is 7.66. The Labute approximate surface area is 155 Å². The van der Waals surface area contributed by atoms with Gasteiger partial charge in [0.2, 0.25) is 5.78 Å². The normalized spacial score (nSPS) is 10.7. The highest BCUT2D eigenvalue weighted by atomic mass is 16.6. The summed E-state index contributed by atoms with van der Waals surface area (Å²) >= 11 is 0. The van der Waals surface area contributed by atoms with Crippen LogP contribution in [-0.2, 0) is 0 Å². The van der Waals surface area contributed by atoms with E-state index in [0.717, 1.165) is 6.08 Å². The molecule has 0 aliphatic carbocycles. The number of methoxy groups -OCH3 is 3. The van der Waals surface area contributed by atoms with Crippen LogP contribution in [0.25, 0.3) is 6.08 Å². The molecule has 0 bridgehead atoms. The summed E-state index contributed by atoms with van der Waals surface area (Å²) in [6, 6.07) is 10.6. The van der Waals surface area contributed by atoms with Crippen molar-refractivity contribution in [1.82, 2.24) is 0 Å². The van der Waals surface area contributed by atoms with Gasteiger partial charge in [0.15, 0.2) is 11.5 Å². The van der Waals surface area contributed by atoms with Gasteiger partial charge in [-0.1, -0.05) is 12.1 Å². The Morgan fingerprint density at radius 3 is 2.33 bits per heavy atom. The van der Waals surface area contributed by atoms with Gasteiger partial charge in [0, 0.05) is 5.56 Å². The largest absolute Gasteiger partial charge is 0.497 e. The second-order valence-electron chi connectivity index (χ2n) is 5.25. The lowest BCUT2D eigenvalue weighted by molar-refractivity contribution is -0.385. The number of nitro benzene ring substituents is 1. The number of nitrogens with zero attached hydrogens (tertiary/aromatic N) is 2. The van der Waals surface area contributed by atoms with Gasteiger partial charge in [-0.15, -0.1) is 0 Å². The number of benzene rings is 2. The van der Waals surface area contributed by atoms with Crippen LogP contribution in [0.5, 0.6) is 17.2 Å². The lowest BCUT2D eigenvalue weighted by atomic mass is 10.0. The van der Waals surface area contributed by atoms with Gasteiger partial charge < -0.3 is 14.2 Å². The van der Waals surface area contributed by atoms with Crippen molar-refractivity contribution in [3.05, 3.63) is 63.2 Å². The van der Waals surface area contributed by atoms with Crippen LogP contribution >= 0.6 is 0 Å². The molecular weight excluding hydrogens is 352 g/mol. The lowest BCUT2D eigenvalue weighted by Gasteiger charge is -2.09. The Bertz CT molecular complexity index is 959. The Balaban J connectivity index is 2.58. The van der Waals surface area contributed by atoms with Crippen LogP contribution in [0, 0.1) is 21.4 Å². The number of hydrogen-bond acceptors (Lipinski definition) is 7. The molecule has 8 nitrogen and oxygen atoms in total. The number of nitriles is 1. The molecule has 2 aromatic rings. The summed E-state index contributed by atoms with van der Waals surface area (Å²) in [7, 11) is 4.19. The number of Topliss-reactive ketones (excluding diaryl/α,β-unsaturated/α-hetero) is 1. The average Bonchev–Trinajstić information content (AvgIpc) is 2.70. The highest BCUT2D eigenvalue weighted by Gasteiger charge is 2.21. The molecule has 138 valence electrons. The molecule has 0 heterocycles. The van der Waals surface area contributed by atoms with Crippen LogP contribution in [-0.4, -0.2) is 32.0 Å². The summed E-state index contributed by atoms with van der Waals surface area (Å²) in [4.78, 5) is 23.4. The molecule has 0 aliphatic heterocycles. The maximum Gasteiger partial charge on any atom is 0.280 e. The minimum atomic E-state index is -0.626. The fourth-order valence-electron chi connectivity index (χ4n) is 2.38. The van der Waals surface area contributed by atoms with E-state index in [1.165, 1.54) is 45.6 Å². The van der Waals surface area contributed by atoms with Crippen molar-refractivity contribution in [2.24, 2.45) is 0 Å². The Hall–Kier alpha value is -3.86.